The fourth-order valence-electron chi connectivity index (χ4n) is 4.50. The summed E-state index contributed by atoms with van der Waals surface area (Å²) < 4.78 is 12.0. The Morgan fingerprint density at radius 3 is 1.15 bits per heavy atom. The van der Waals surface area contributed by atoms with Crippen LogP contribution >= 0.6 is 0 Å². The summed E-state index contributed by atoms with van der Waals surface area (Å²) in [5.74, 6) is 3.16. The Labute approximate surface area is 202 Å². The van der Waals surface area contributed by atoms with E-state index in [9.17, 15) is 0 Å². The molecule has 4 aromatic rings. The molecule has 0 aliphatic carbocycles. The van der Waals surface area contributed by atoms with Crippen LogP contribution in [0.1, 0.15) is 44.2 Å². The lowest BCUT2D eigenvalue weighted by molar-refractivity contribution is 0.445. The van der Waals surface area contributed by atoms with Crippen LogP contribution in [0.4, 0.5) is 11.4 Å². The molecule has 0 fully saturated rings. The van der Waals surface area contributed by atoms with E-state index in [-0.39, 0.29) is 5.41 Å². The molecule has 0 aliphatic heterocycles. The summed E-state index contributed by atoms with van der Waals surface area (Å²) in [5.41, 5.74) is 15.5. The first kappa shape index (κ1) is 23.2. The minimum absolute atomic E-state index is 0.0752. The molecule has 0 bridgehead atoms. The topological polar surface area (TPSA) is 70.5 Å². The zero-order chi connectivity index (χ0) is 24.0. The van der Waals surface area contributed by atoms with E-state index >= 15 is 0 Å². The Bertz CT molecular complexity index is 1090. The molecule has 4 N–H and O–H groups in total. The lowest BCUT2D eigenvalue weighted by atomic mass is 9.69. The van der Waals surface area contributed by atoms with Crippen LogP contribution in [-0.2, 0) is 5.41 Å². The monoisotopic (exact) mass is 452 g/mol. The molecule has 4 rings (SSSR count). The van der Waals surface area contributed by atoms with Gasteiger partial charge in [-0.05, 0) is 96.8 Å². The average molecular weight is 453 g/mol. The van der Waals surface area contributed by atoms with Crippen molar-refractivity contribution in [1.82, 2.24) is 0 Å². The Hall–Kier alpha value is -3.92. The van der Waals surface area contributed by atoms with Crippen LogP contribution in [-0.4, -0.2) is 0 Å². The van der Waals surface area contributed by atoms with Gasteiger partial charge in [-0.15, -0.1) is 0 Å². The van der Waals surface area contributed by atoms with Crippen LogP contribution in [0, 0.1) is 0 Å². The first-order valence-electron chi connectivity index (χ1n) is 11.8. The Morgan fingerprint density at radius 2 is 0.853 bits per heavy atom. The molecule has 34 heavy (non-hydrogen) atoms. The summed E-state index contributed by atoms with van der Waals surface area (Å²) in [6.45, 7) is 4.49. The lowest BCUT2D eigenvalue weighted by Crippen LogP contribution is -2.26. The minimum Gasteiger partial charge on any atom is -0.457 e. The van der Waals surface area contributed by atoms with Crippen molar-refractivity contribution in [1.29, 1.82) is 0 Å². The van der Waals surface area contributed by atoms with Gasteiger partial charge in [0.15, 0.2) is 0 Å². The van der Waals surface area contributed by atoms with Gasteiger partial charge in [-0.2, -0.15) is 0 Å². The number of nitrogen functional groups attached to an aromatic ring is 2. The van der Waals surface area contributed by atoms with E-state index in [0.717, 1.165) is 53.6 Å². The van der Waals surface area contributed by atoms with Gasteiger partial charge in [0, 0.05) is 16.8 Å². The van der Waals surface area contributed by atoms with Crippen LogP contribution in [0.25, 0.3) is 0 Å². The molecule has 0 saturated heterocycles. The number of hydrogen-bond acceptors (Lipinski definition) is 4. The lowest BCUT2D eigenvalue weighted by Gasteiger charge is -2.34. The number of rotatable bonds is 9. The van der Waals surface area contributed by atoms with Crippen molar-refractivity contribution in [3.8, 4) is 23.0 Å². The smallest absolute Gasteiger partial charge is 0.127 e. The second kappa shape index (κ2) is 10.3. The van der Waals surface area contributed by atoms with Crippen LogP contribution in [0.15, 0.2) is 97.1 Å². The molecular weight excluding hydrogens is 420 g/mol. The Morgan fingerprint density at radius 1 is 0.529 bits per heavy atom. The molecule has 0 atom stereocenters. The summed E-state index contributed by atoms with van der Waals surface area (Å²) in [4.78, 5) is 0. The fourth-order valence-corrected chi connectivity index (χ4v) is 4.50. The van der Waals surface area contributed by atoms with Gasteiger partial charge in [-0.25, -0.2) is 0 Å². The molecule has 4 heteroatoms. The van der Waals surface area contributed by atoms with Crippen molar-refractivity contribution < 1.29 is 9.47 Å². The van der Waals surface area contributed by atoms with Crippen LogP contribution in [0.5, 0.6) is 23.0 Å². The summed E-state index contributed by atoms with van der Waals surface area (Å²) >= 11 is 0. The molecule has 0 heterocycles. The van der Waals surface area contributed by atoms with Crippen molar-refractivity contribution in [3.05, 3.63) is 108 Å². The van der Waals surface area contributed by atoms with Gasteiger partial charge in [-0.3, -0.25) is 0 Å². The van der Waals surface area contributed by atoms with E-state index in [0.29, 0.717) is 0 Å². The third-order valence-corrected chi connectivity index (χ3v) is 6.33. The standard InChI is InChI=1S/C30H32N2O2/c1-3-21-30(4-2,22-5-13-26(14-6-22)33-28-17-9-24(31)10-18-28)23-7-15-27(16-8-23)34-29-19-11-25(32)12-20-29/h5-20H,3-4,21,31-32H2,1-2H3. The van der Waals surface area contributed by atoms with Crippen LogP contribution in [0.2, 0.25) is 0 Å². The highest BCUT2D eigenvalue weighted by molar-refractivity contribution is 5.47. The quantitative estimate of drug-likeness (QED) is 0.253. The molecule has 0 radical (unpaired) electrons. The average Bonchev–Trinajstić information content (AvgIpc) is 2.86. The summed E-state index contributed by atoms with van der Waals surface area (Å²) in [5, 5.41) is 0. The second-order valence-corrected chi connectivity index (χ2v) is 8.58. The number of benzene rings is 4. The maximum atomic E-state index is 6.00. The Kier molecular flexibility index (Phi) is 7.07. The molecule has 174 valence electrons. The molecule has 0 spiro atoms. The molecule has 0 aromatic heterocycles. The molecule has 0 saturated carbocycles. The molecule has 4 aromatic carbocycles. The van der Waals surface area contributed by atoms with Crippen molar-refractivity contribution in [2.75, 3.05) is 11.5 Å². The van der Waals surface area contributed by atoms with E-state index in [1.165, 1.54) is 11.1 Å². The first-order chi connectivity index (χ1) is 16.5. The van der Waals surface area contributed by atoms with Crippen molar-refractivity contribution in [2.24, 2.45) is 0 Å². The minimum atomic E-state index is -0.0752. The van der Waals surface area contributed by atoms with E-state index in [4.69, 9.17) is 20.9 Å². The maximum Gasteiger partial charge on any atom is 0.127 e. The number of anilines is 2. The predicted molar refractivity (Wildman–Crippen MR) is 141 cm³/mol. The van der Waals surface area contributed by atoms with Crippen molar-refractivity contribution >= 4 is 11.4 Å². The number of hydrogen-bond donors (Lipinski definition) is 2. The van der Waals surface area contributed by atoms with Gasteiger partial charge >= 0.3 is 0 Å². The highest BCUT2D eigenvalue weighted by Crippen LogP contribution is 2.41. The maximum absolute atomic E-state index is 6.00. The predicted octanol–water partition coefficient (Wildman–Crippen LogP) is 7.93. The van der Waals surface area contributed by atoms with Crippen LogP contribution in [0.3, 0.4) is 0 Å². The first-order valence-corrected chi connectivity index (χ1v) is 11.8. The van der Waals surface area contributed by atoms with Gasteiger partial charge in [-0.1, -0.05) is 44.5 Å². The zero-order valence-electron chi connectivity index (χ0n) is 19.8. The Balaban J connectivity index is 1.57. The van der Waals surface area contributed by atoms with Crippen molar-refractivity contribution in [3.63, 3.8) is 0 Å². The van der Waals surface area contributed by atoms with Crippen LogP contribution < -0.4 is 20.9 Å². The normalized spacial score (nSPS) is 11.2. The van der Waals surface area contributed by atoms with Gasteiger partial charge in [0.1, 0.15) is 23.0 Å². The molecule has 0 amide bonds. The third kappa shape index (κ3) is 5.18. The highest BCUT2D eigenvalue weighted by atomic mass is 16.5. The highest BCUT2D eigenvalue weighted by Gasteiger charge is 2.31. The van der Waals surface area contributed by atoms with Gasteiger partial charge in [0.05, 0.1) is 0 Å². The fraction of sp³-hybridized carbons (Fsp3) is 0.200. The second-order valence-electron chi connectivity index (χ2n) is 8.58. The van der Waals surface area contributed by atoms with Crippen molar-refractivity contribution in [2.45, 2.75) is 38.5 Å². The third-order valence-electron chi connectivity index (χ3n) is 6.33. The summed E-state index contributed by atoms with van der Waals surface area (Å²) in [7, 11) is 0. The van der Waals surface area contributed by atoms with Gasteiger partial charge in [0.2, 0.25) is 0 Å². The van der Waals surface area contributed by atoms with Gasteiger partial charge in [0.25, 0.3) is 0 Å². The molecule has 4 nitrogen and oxygen atoms in total. The number of nitrogens with two attached hydrogens (primary N) is 2. The summed E-state index contributed by atoms with van der Waals surface area (Å²) in [6, 6.07) is 31.8. The number of ether oxygens (including phenoxy) is 2. The van der Waals surface area contributed by atoms with E-state index in [1.54, 1.807) is 0 Å². The van der Waals surface area contributed by atoms with E-state index in [1.807, 2.05) is 72.8 Å². The molecule has 0 aliphatic rings. The molecule has 0 unspecified atom stereocenters. The summed E-state index contributed by atoms with van der Waals surface area (Å²) in [6.07, 6.45) is 3.14. The van der Waals surface area contributed by atoms with Gasteiger partial charge < -0.3 is 20.9 Å². The SMILES string of the molecule is CCCC(CC)(c1ccc(Oc2ccc(N)cc2)cc1)c1ccc(Oc2ccc(N)cc2)cc1. The zero-order valence-corrected chi connectivity index (χ0v) is 19.8. The largest absolute Gasteiger partial charge is 0.457 e. The van der Waals surface area contributed by atoms with E-state index < -0.39 is 0 Å². The molecular formula is C30H32N2O2. The van der Waals surface area contributed by atoms with E-state index in [2.05, 4.69) is 38.1 Å².